The Morgan fingerprint density at radius 1 is 1.15 bits per heavy atom. The van der Waals surface area contributed by atoms with Crippen LogP contribution in [-0.4, -0.2) is 6.54 Å². The first-order chi connectivity index (χ1) is 9.51. The molecular weight excluding hydrogens is 352 g/mol. The van der Waals surface area contributed by atoms with Gasteiger partial charge in [-0.1, -0.05) is 27.5 Å². The van der Waals surface area contributed by atoms with Crippen molar-refractivity contribution in [3.8, 4) is 11.5 Å². The number of hydrogen-bond acceptors (Lipinski definition) is 2. The van der Waals surface area contributed by atoms with E-state index in [2.05, 4.69) is 15.9 Å². The van der Waals surface area contributed by atoms with Crippen LogP contribution in [0, 0.1) is 11.6 Å². The van der Waals surface area contributed by atoms with Gasteiger partial charge in [-0.15, -0.1) is 0 Å². The van der Waals surface area contributed by atoms with Crippen molar-refractivity contribution in [1.82, 2.24) is 0 Å². The molecule has 2 aromatic rings. The second kappa shape index (κ2) is 6.52. The molecule has 0 bridgehead atoms. The molecule has 2 rings (SSSR count). The Morgan fingerprint density at radius 2 is 1.80 bits per heavy atom. The fourth-order valence-electron chi connectivity index (χ4n) is 1.69. The van der Waals surface area contributed by atoms with E-state index >= 15 is 0 Å². The van der Waals surface area contributed by atoms with Crippen molar-refractivity contribution in [1.29, 1.82) is 0 Å². The van der Waals surface area contributed by atoms with E-state index in [-0.39, 0.29) is 10.8 Å². The lowest BCUT2D eigenvalue weighted by molar-refractivity contribution is 0.406. The van der Waals surface area contributed by atoms with Gasteiger partial charge in [0.1, 0.15) is 5.75 Å². The second-order valence-corrected chi connectivity index (χ2v) is 5.43. The number of hydrogen-bond donors (Lipinski definition) is 1. The van der Waals surface area contributed by atoms with E-state index in [9.17, 15) is 8.78 Å². The van der Waals surface area contributed by atoms with Crippen LogP contribution in [-0.2, 0) is 6.42 Å². The van der Waals surface area contributed by atoms with Crippen molar-refractivity contribution in [3.05, 3.63) is 57.0 Å². The average Bonchev–Trinajstić information content (AvgIpc) is 2.36. The maximum absolute atomic E-state index is 13.9. The number of halogens is 4. The summed E-state index contributed by atoms with van der Waals surface area (Å²) in [5.41, 5.74) is 5.84. The van der Waals surface area contributed by atoms with Crippen LogP contribution in [0.4, 0.5) is 8.78 Å². The highest BCUT2D eigenvalue weighted by atomic mass is 79.9. The zero-order valence-electron chi connectivity index (χ0n) is 10.3. The first kappa shape index (κ1) is 15.2. The fourth-order valence-corrected chi connectivity index (χ4v) is 2.40. The van der Waals surface area contributed by atoms with Gasteiger partial charge >= 0.3 is 0 Å². The number of nitrogens with two attached hydrogens (primary N) is 1. The minimum atomic E-state index is -0.785. The topological polar surface area (TPSA) is 35.2 Å². The normalized spacial score (nSPS) is 10.7. The van der Waals surface area contributed by atoms with E-state index in [1.165, 1.54) is 18.2 Å². The standard InChI is InChI=1S/C14H11BrClF2NO/c15-9-1-2-13(10(16)7-9)20-14-11(17)5-8(3-4-19)6-12(14)18/h1-2,5-7H,3-4,19H2. The molecule has 0 unspecified atom stereocenters. The Balaban J connectivity index is 2.33. The van der Waals surface area contributed by atoms with Crippen LogP contribution < -0.4 is 10.5 Å². The Kier molecular flexibility index (Phi) is 4.96. The minimum Gasteiger partial charge on any atom is -0.450 e. The number of benzene rings is 2. The SMILES string of the molecule is NCCc1cc(F)c(Oc2ccc(Br)cc2Cl)c(F)c1. The molecule has 0 fully saturated rings. The van der Waals surface area contributed by atoms with Crippen molar-refractivity contribution in [3.63, 3.8) is 0 Å². The van der Waals surface area contributed by atoms with Crippen LogP contribution in [0.3, 0.4) is 0 Å². The lowest BCUT2D eigenvalue weighted by atomic mass is 10.1. The summed E-state index contributed by atoms with van der Waals surface area (Å²) in [6.45, 7) is 0.317. The Hall–Kier alpha value is -1.17. The molecule has 0 heterocycles. The van der Waals surface area contributed by atoms with Crippen molar-refractivity contribution in [2.75, 3.05) is 6.54 Å². The lowest BCUT2D eigenvalue weighted by Crippen LogP contribution is -2.04. The van der Waals surface area contributed by atoms with Crippen LogP contribution in [0.25, 0.3) is 0 Å². The largest absolute Gasteiger partial charge is 0.450 e. The summed E-state index contributed by atoms with van der Waals surface area (Å²) in [4.78, 5) is 0. The molecule has 0 atom stereocenters. The molecule has 0 saturated carbocycles. The summed E-state index contributed by atoms with van der Waals surface area (Å²) in [5, 5.41) is 0.254. The van der Waals surface area contributed by atoms with Gasteiger partial charge in [0.15, 0.2) is 17.4 Å². The van der Waals surface area contributed by atoms with Gasteiger partial charge in [0.25, 0.3) is 0 Å². The van der Waals surface area contributed by atoms with E-state index in [1.54, 1.807) is 12.1 Å². The maximum Gasteiger partial charge on any atom is 0.198 e. The predicted octanol–water partition coefficient (Wildman–Crippen LogP) is 4.67. The van der Waals surface area contributed by atoms with Gasteiger partial charge in [0, 0.05) is 4.47 Å². The van der Waals surface area contributed by atoms with Gasteiger partial charge < -0.3 is 10.5 Å². The molecule has 0 spiro atoms. The van der Waals surface area contributed by atoms with Crippen LogP contribution >= 0.6 is 27.5 Å². The summed E-state index contributed by atoms with van der Waals surface area (Å²) in [7, 11) is 0. The molecule has 0 aliphatic rings. The van der Waals surface area contributed by atoms with Crippen LogP contribution in [0.5, 0.6) is 11.5 Å². The van der Waals surface area contributed by atoms with Crippen LogP contribution in [0.2, 0.25) is 5.02 Å². The van der Waals surface area contributed by atoms with Crippen LogP contribution in [0.1, 0.15) is 5.56 Å². The first-order valence-corrected chi connectivity index (χ1v) is 6.99. The molecule has 20 heavy (non-hydrogen) atoms. The molecule has 0 radical (unpaired) electrons. The Bertz CT molecular complexity index is 614. The van der Waals surface area contributed by atoms with Gasteiger partial charge in [-0.3, -0.25) is 0 Å². The Labute approximate surface area is 128 Å². The molecule has 0 saturated heterocycles. The molecule has 0 aliphatic heterocycles. The van der Waals surface area contributed by atoms with E-state index in [1.807, 2.05) is 0 Å². The fraction of sp³-hybridized carbons (Fsp3) is 0.143. The molecule has 2 nitrogen and oxygen atoms in total. The zero-order valence-corrected chi connectivity index (χ0v) is 12.6. The van der Waals surface area contributed by atoms with Crippen molar-refractivity contribution >= 4 is 27.5 Å². The summed E-state index contributed by atoms with van der Waals surface area (Å²) in [6, 6.07) is 7.18. The predicted molar refractivity (Wildman–Crippen MR) is 78.3 cm³/mol. The van der Waals surface area contributed by atoms with Gasteiger partial charge in [0.05, 0.1) is 5.02 Å². The van der Waals surface area contributed by atoms with Gasteiger partial charge in [-0.05, 0) is 48.9 Å². The molecule has 6 heteroatoms. The third-order valence-corrected chi connectivity index (χ3v) is 3.39. The third-order valence-electron chi connectivity index (χ3n) is 2.60. The van der Waals surface area contributed by atoms with Crippen molar-refractivity contribution < 1.29 is 13.5 Å². The minimum absolute atomic E-state index is 0.180. The molecule has 0 aromatic heterocycles. The molecule has 2 N–H and O–H groups in total. The lowest BCUT2D eigenvalue weighted by Gasteiger charge is -2.11. The van der Waals surface area contributed by atoms with Gasteiger partial charge in [-0.2, -0.15) is 0 Å². The van der Waals surface area contributed by atoms with E-state index < -0.39 is 17.4 Å². The highest BCUT2D eigenvalue weighted by Crippen LogP contribution is 2.34. The summed E-state index contributed by atoms with van der Waals surface area (Å²) in [6.07, 6.45) is 0.396. The molecule has 106 valence electrons. The highest BCUT2D eigenvalue weighted by molar-refractivity contribution is 9.10. The van der Waals surface area contributed by atoms with Gasteiger partial charge in [-0.25, -0.2) is 8.78 Å². The molecule has 2 aromatic carbocycles. The van der Waals surface area contributed by atoms with Gasteiger partial charge in [0.2, 0.25) is 0 Å². The summed E-state index contributed by atoms with van der Waals surface area (Å²) in [5.74, 6) is -1.87. The smallest absolute Gasteiger partial charge is 0.198 e. The molecule has 0 aliphatic carbocycles. The highest BCUT2D eigenvalue weighted by Gasteiger charge is 2.15. The van der Waals surface area contributed by atoms with Crippen molar-refractivity contribution in [2.45, 2.75) is 6.42 Å². The summed E-state index contributed by atoms with van der Waals surface area (Å²) >= 11 is 9.19. The van der Waals surface area contributed by atoms with Crippen LogP contribution in [0.15, 0.2) is 34.8 Å². The quantitative estimate of drug-likeness (QED) is 0.857. The average molecular weight is 363 g/mol. The third kappa shape index (κ3) is 3.48. The van der Waals surface area contributed by atoms with E-state index in [0.717, 1.165) is 4.47 Å². The maximum atomic E-state index is 13.9. The molecule has 0 amide bonds. The number of ether oxygens (including phenoxy) is 1. The first-order valence-electron chi connectivity index (χ1n) is 5.82. The molecular formula is C14H11BrClF2NO. The van der Waals surface area contributed by atoms with E-state index in [4.69, 9.17) is 22.1 Å². The summed E-state index contributed by atoms with van der Waals surface area (Å²) < 4.78 is 33.7. The van der Waals surface area contributed by atoms with Crippen molar-refractivity contribution in [2.24, 2.45) is 5.73 Å². The van der Waals surface area contributed by atoms with E-state index in [0.29, 0.717) is 18.5 Å². The second-order valence-electron chi connectivity index (χ2n) is 4.10. The Morgan fingerprint density at radius 3 is 2.35 bits per heavy atom. The monoisotopic (exact) mass is 361 g/mol. The number of rotatable bonds is 4. The zero-order chi connectivity index (χ0) is 14.7.